The van der Waals surface area contributed by atoms with E-state index in [1.165, 1.54) is 11.0 Å². The van der Waals surface area contributed by atoms with Crippen molar-refractivity contribution in [1.82, 2.24) is 4.90 Å². The van der Waals surface area contributed by atoms with Crippen molar-refractivity contribution in [2.75, 3.05) is 12.3 Å². The van der Waals surface area contributed by atoms with Gasteiger partial charge in [-0.3, -0.25) is 4.79 Å². The molecule has 3 atom stereocenters. The monoisotopic (exact) mass is 308 g/mol. The molecule has 0 spiro atoms. The first-order valence-electron chi connectivity index (χ1n) is 7.07. The van der Waals surface area contributed by atoms with Crippen LogP contribution in [0.2, 0.25) is 5.02 Å². The molecule has 2 fully saturated rings. The first-order chi connectivity index (χ1) is 9.97. The van der Waals surface area contributed by atoms with Crippen LogP contribution in [0.5, 0.6) is 0 Å². The fourth-order valence-electron chi connectivity index (χ4n) is 3.73. The minimum absolute atomic E-state index is 0.0722. The van der Waals surface area contributed by atoms with Crippen molar-refractivity contribution in [2.45, 2.75) is 25.3 Å². The van der Waals surface area contributed by atoms with Crippen LogP contribution in [0.3, 0.4) is 0 Å². The third kappa shape index (κ3) is 2.46. The SMILES string of the molecule is Nc1cc(Cl)cc(C(=O)N2CC3CCCC3C2C(=O)O)c1. The largest absolute Gasteiger partial charge is 0.480 e. The Hall–Kier alpha value is -1.75. The van der Waals surface area contributed by atoms with Gasteiger partial charge in [0.05, 0.1) is 0 Å². The number of hydrogen-bond donors (Lipinski definition) is 2. The van der Waals surface area contributed by atoms with Gasteiger partial charge in [-0.25, -0.2) is 4.79 Å². The molecule has 1 aliphatic carbocycles. The minimum Gasteiger partial charge on any atom is -0.480 e. The second kappa shape index (κ2) is 5.22. The number of anilines is 1. The molecular weight excluding hydrogens is 292 g/mol. The molecular formula is C15H17ClN2O3. The van der Waals surface area contributed by atoms with Gasteiger partial charge in [0.2, 0.25) is 0 Å². The Morgan fingerprint density at radius 3 is 2.71 bits per heavy atom. The second-order valence-corrected chi connectivity index (χ2v) is 6.31. The van der Waals surface area contributed by atoms with Gasteiger partial charge in [0.15, 0.2) is 0 Å². The predicted octanol–water partition coefficient (Wildman–Crippen LogP) is 2.25. The zero-order chi connectivity index (χ0) is 15.1. The highest BCUT2D eigenvalue weighted by Gasteiger charge is 2.49. The average Bonchev–Trinajstić information content (AvgIpc) is 2.95. The van der Waals surface area contributed by atoms with Crippen molar-refractivity contribution < 1.29 is 14.7 Å². The number of likely N-dealkylation sites (tertiary alicyclic amines) is 1. The average molecular weight is 309 g/mol. The van der Waals surface area contributed by atoms with E-state index in [-0.39, 0.29) is 11.8 Å². The number of amides is 1. The number of carbonyl (C=O) groups is 2. The van der Waals surface area contributed by atoms with E-state index in [1.807, 2.05) is 0 Å². The maximum Gasteiger partial charge on any atom is 0.326 e. The Balaban J connectivity index is 1.91. The highest BCUT2D eigenvalue weighted by Crippen LogP contribution is 2.42. The van der Waals surface area contributed by atoms with Crippen LogP contribution in [0.15, 0.2) is 18.2 Å². The van der Waals surface area contributed by atoms with Crippen LogP contribution in [0.25, 0.3) is 0 Å². The summed E-state index contributed by atoms with van der Waals surface area (Å²) in [6.07, 6.45) is 2.92. The molecule has 3 rings (SSSR count). The molecule has 5 nitrogen and oxygen atoms in total. The van der Waals surface area contributed by atoms with Crippen molar-refractivity contribution in [3.8, 4) is 0 Å². The van der Waals surface area contributed by atoms with Crippen LogP contribution in [-0.2, 0) is 4.79 Å². The molecule has 0 bridgehead atoms. The zero-order valence-corrected chi connectivity index (χ0v) is 12.2. The highest BCUT2D eigenvalue weighted by molar-refractivity contribution is 6.31. The minimum atomic E-state index is -0.923. The van der Waals surface area contributed by atoms with Crippen LogP contribution < -0.4 is 5.73 Å². The molecule has 21 heavy (non-hydrogen) atoms. The zero-order valence-electron chi connectivity index (χ0n) is 11.5. The van der Waals surface area contributed by atoms with Gasteiger partial charge in [0.25, 0.3) is 5.91 Å². The van der Waals surface area contributed by atoms with Gasteiger partial charge in [-0.2, -0.15) is 0 Å². The first-order valence-corrected chi connectivity index (χ1v) is 7.45. The molecule has 1 heterocycles. The highest BCUT2D eigenvalue weighted by atomic mass is 35.5. The van der Waals surface area contributed by atoms with Crippen LogP contribution in [0, 0.1) is 11.8 Å². The lowest BCUT2D eigenvalue weighted by Gasteiger charge is -2.24. The van der Waals surface area contributed by atoms with Gasteiger partial charge >= 0.3 is 5.97 Å². The summed E-state index contributed by atoms with van der Waals surface area (Å²) >= 11 is 5.93. The van der Waals surface area contributed by atoms with E-state index in [9.17, 15) is 14.7 Å². The third-order valence-electron chi connectivity index (χ3n) is 4.57. The maximum absolute atomic E-state index is 12.6. The number of halogens is 1. The Kier molecular flexibility index (Phi) is 3.53. The fourth-order valence-corrected chi connectivity index (χ4v) is 3.98. The summed E-state index contributed by atoms with van der Waals surface area (Å²) in [5.41, 5.74) is 6.46. The quantitative estimate of drug-likeness (QED) is 0.821. The van der Waals surface area contributed by atoms with Crippen molar-refractivity contribution >= 4 is 29.2 Å². The number of nitrogen functional groups attached to an aromatic ring is 1. The molecule has 0 aromatic heterocycles. The lowest BCUT2D eigenvalue weighted by Crippen LogP contribution is -2.43. The maximum atomic E-state index is 12.6. The van der Waals surface area contributed by atoms with Crippen molar-refractivity contribution in [3.05, 3.63) is 28.8 Å². The number of benzene rings is 1. The van der Waals surface area contributed by atoms with Crippen LogP contribution >= 0.6 is 11.6 Å². The summed E-state index contributed by atoms with van der Waals surface area (Å²) in [5, 5.41) is 9.87. The molecule has 2 aliphatic rings. The first kappa shape index (κ1) is 14.2. The third-order valence-corrected chi connectivity index (χ3v) is 4.79. The van der Waals surface area contributed by atoms with Crippen LogP contribution in [0.4, 0.5) is 5.69 Å². The molecule has 3 unspecified atom stereocenters. The summed E-state index contributed by atoms with van der Waals surface area (Å²) in [6.45, 7) is 0.507. The topological polar surface area (TPSA) is 83.6 Å². The number of aliphatic carboxylic acids is 1. The Bertz CT molecular complexity index is 584. The van der Waals surface area contributed by atoms with E-state index >= 15 is 0 Å². The van der Waals surface area contributed by atoms with E-state index in [0.717, 1.165) is 19.3 Å². The van der Waals surface area contributed by atoms with Gasteiger partial charge in [-0.05, 0) is 42.9 Å². The molecule has 112 valence electrons. The van der Waals surface area contributed by atoms with Gasteiger partial charge in [-0.15, -0.1) is 0 Å². The number of nitrogens with zero attached hydrogens (tertiary/aromatic N) is 1. The summed E-state index contributed by atoms with van der Waals surface area (Å²) in [5.74, 6) is -0.853. The Morgan fingerprint density at radius 1 is 1.29 bits per heavy atom. The molecule has 3 N–H and O–H groups in total. The van der Waals surface area contributed by atoms with Crippen molar-refractivity contribution in [3.63, 3.8) is 0 Å². The lowest BCUT2D eigenvalue weighted by molar-refractivity contribution is -0.142. The number of hydrogen-bond acceptors (Lipinski definition) is 3. The smallest absolute Gasteiger partial charge is 0.326 e. The summed E-state index contributed by atoms with van der Waals surface area (Å²) < 4.78 is 0. The number of carboxylic acids is 1. The number of carbonyl (C=O) groups excluding carboxylic acids is 1. The van der Waals surface area contributed by atoms with Gasteiger partial charge < -0.3 is 15.7 Å². The number of fused-ring (bicyclic) bond motifs is 1. The molecule has 1 amide bonds. The standard InChI is InChI=1S/C15H17ClN2O3/c16-10-4-9(5-11(17)6-10)14(19)18-7-8-2-1-3-12(8)13(18)15(20)21/h4-6,8,12-13H,1-3,7,17H2,(H,20,21). The van der Waals surface area contributed by atoms with E-state index in [0.29, 0.717) is 28.7 Å². The van der Waals surface area contributed by atoms with E-state index in [1.54, 1.807) is 12.1 Å². The normalized spacial score (nSPS) is 27.7. The summed E-state index contributed by atoms with van der Waals surface area (Å²) in [4.78, 5) is 25.7. The molecule has 1 aliphatic heterocycles. The Labute approximate surface area is 127 Å². The van der Waals surface area contributed by atoms with Crippen molar-refractivity contribution in [2.24, 2.45) is 11.8 Å². The van der Waals surface area contributed by atoms with Gasteiger partial charge in [0, 0.05) is 22.8 Å². The van der Waals surface area contributed by atoms with Crippen LogP contribution in [-0.4, -0.2) is 34.5 Å². The molecule has 1 saturated heterocycles. The molecule has 1 saturated carbocycles. The van der Waals surface area contributed by atoms with Crippen LogP contribution in [0.1, 0.15) is 29.6 Å². The van der Waals surface area contributed by atoms with Gasteiger partial charge in [0.1, 0.15) is 6.04 Å². The second-order valence-electron chi connectivity index (χ2n) is 5.87. The van der Waals surface area contributed by atoms with E-state index in [2.05, 4.69) is 0 Å². The summed E-state index contributed by atoms with van der Waals surface area (Å²) in [7, 11) is 0. The molecule has 1 aromatic rings. The molecule has 0 radical (unpaired) electrons. The van der Waals surface area contributed by atoms with E-state index in [4.69, 9.17) is 17.3 Å². The predicted molar refractivity (Wildman–Crippen MR) is 79.2 cm³/mol. The lowest BCUT2D eigenvalue weighted by atomic mass is 9.94. The van der Waals surface area contributed by atoms with Crippen molar-refractivity contribution in [1.29, 1.82) is 0 Å². The van der Waals surface area contributed by atoms with Gasteiger partial charge in [-0.1, -0.05) is 18.0 Å². The number of carboxylic acid groups (broad SMARTS) is 1. The van der Waals surface area contributed by atoms with E-state index < -0.39 is 12.0 Å². The number of nitrogens with two attached hydrogens (primary N) is 1. The molecule has 6 heteroatoms. The summed E-state index contributed by atoms with van der Waals surface area (Å²) in [6, 6.07) is 3.91. The molecule has 1 aromatic carbocycles. The fraction of sp³-hybridized carbons (Fsp3) is 0.467. The number of rotatable bonds is 2. The Morgan fingerprint density at radius 2 is 2.05 bits per heavy atom.